The summed E-state index contributed by atoms with van der Waals surface area (Å²) in [4.78, 5) is 62.9. The minimum atomic E-state index is -4.31. The molecule has 5 rings (SSSR count). The molecule has 17 nitrogen and oxygen atoms in total. The van der Waals surface area contributed by atoms with Gasteiger partial charge in [0.15, 0.2) is 11.8 Å². The molecule has 18 heteroatoms. The second-order valence-electron chi connectivity index (χ2n) is 12.3. The van der Waals surface area contributed by atoms with E-state index in [4.69, 9.17) is 5.53 Å². The second kappa shape index (κ2) is 16.4. The standard InChI is InChI=1S/C35H38N10O7S/c1-20-13-21(2)31(22(3)14-20)53(51,52)44-27(34(49)50)18-41-33(48)26-19-45(12-4-9-37-32(47)24-6-8-29(43-36)40-17-24)28-15-23(5-7-25(28)30(26)46)16-42-35-38-10-11-39-35/h5-8,10-11,13-15,17,19,27,36,44H,4,9,12,16,18H2,1-3H3,(H,37,47)(H,41,48)(H,49,50)(H2,38,39,42). The van der Waals surface area contributed by atoms with Gasteiger partial charge in [0.1, 0.15) is 11.6 Å². The maximum absolute atomic E-state index is 13.7. The lowest BCUT2D eigenvalue weighted by Gasteiger charge is -2.19. The molecule has 0 aliphatic carbocycles. The molecule has 1 unspecified atom stereocenters. The summed E-state index contributed by atoms with van der Waals surface area (Å²) < 4.78 is 30.4. The van der Waals surface area contributed by atoms with E-state index in [1.807, 2.05) is 6.92 Å². The van der Waals surface area contributed by atoms with Crippen molar-refractivity contribution in [3.05, 3.63) is 111 Å². The lowest BCUT2D eigenvalue weighted by molar-refractivity contribution is -0.138. The number of carbonyl (C=O) groups is 3. The van der Waals surface area contributed by atoms with E-state index in [-0.39, 0.29) is 46.2 Å². The highest BCUT2D eigenvalue weighted by Gasteiger charge is 2.29. The molecule has 0 bridgehead atoms. The minimum absolute atomic E-state index is 0.0531. The zero-order chi connectivity index (χ0) is 38.3. The van der Waals surface area contributed by atoms with E-state index in [0.29, 0.717) is 35.6 Å². The van der Waals surface area contributed by atoms with Crippen LogP contribution < -0.4 is 26.1 Å². The number of hydrogen-bond donors (Lipinski definition) is 7. The van der Waals surface area contributed by atoms with Crippen molar-refractivity contribution in [2.75, 3.05) is 18.4 Å². The number of benzene rings is 2. The molecule has 3 aromatic heterocycles. The molecule has 53 heavy (non-hydrogen) atoms. The van der Waals surface area contributed by atoms with Crippen LogP contribution in [0.2, 0.25) is 0 Å². The van der Waals surface area contributed by atoms with Crippen LogP contribution >= 0.6 is 0 Å². The molecule has 0 fully saturated rings. The topological polar surface area (TPSA) is 253 Å². The third kappa shape index (κ3) is 9.16. The number of carboxylic acids is 1. The number of pyridine rings is 2. The van der Waals surface area contributed by atoms with Gasteiger partial charge >= 0.3 is 5.97 Å². The van der Waals surface area contributed by atoms with Crippen LogP contribution in [0.3, 0.4) is 0 Å². The first-order chi connectivity index (χ1) is 25.3. The van der Waals surface area contributed by atoms with Crippen LogP contribution in [0, 0.1) is 26.3 Å². The summed E-state index contributed by atoms with van der Waals surface area (Å²) in [5, 5.41) is 21.7. The fourth-order valence-corrected chi connectivity index (χ4v) is 7.53. The molecule has 2 aromatic carbocycles. The van der Waals surface area contributed by atoms with Crippen LogP contribution in [0.5, 0.6) is 0 Å². The Morgan fingerprint density at radius 2 is 1.77 bits per heavy atom. The number of H-pyrrole nitrogens is 1. The highest BCUT2D eigenvalue weighted by molar-refractivity contribution is 7.89. The van der Waals surface area contributed by atoms with Crippen LogP contribution in [-0.4, -0.2) is 70.0 Å². The van der Waals surface area contributed by atoms with Crippen LogP contribution in [0.1, 0.15) is 49.4 Å². The summed E-state index contributed by atoms with van der Waals surface area (Å²) >= 11 is 0. The summed E-state index contributed by atoms with van der Waals surface area (Å²) in [5.74, 6) is -2.09. The number of imidazole rings is 1. The Morgan fingerprint density at radius 1 is 1.02 bits per heavy atom. The highest BCUT2D eigenvalue weighted by atomic mass is 32.2. The monoisotopic (exact) mass is 742 g/mol. The van der Waals surface area contributed by atoms with Gasteiger partial charge in [0.2, 0.25) is 15.5 Å². The number of aromatic nitrogens is 4. The van der Waals surface area contributed by atoms with Crippen molar-refractivity contribution in [2.45, 2.75) is 51.2 Å². The summed E-state index contributed by atoms with van der Waals surface area (Å²) in [6.07, 6.45) is 6.33. The molecule has 1 atom stereocenters. The Morgan fingerprint density at radius 3 is 2.42 bits per heavy atom. The summed E-state index contributed by atoms with van der Waals surface area (Å²) in [6, 6.07) is 9.65. The van der Waals surface area contributed by atoms with E-state index in [2.05, 4.69) is 40.7 Å². The predicted octanol–water partition coefficient (Wildman–Crippen LogP) is 3.30. The maximum atomic E-state index is 13.7. The Kier molecular flexibility index (Phi) is 11.7. The van der Waals surface area contributed by atoms with E-state index in [1.165, 1.54) is 24.5 Å². The quantitative estimate of drug-likeness (QED) is 0.0574. The number of anilines is 1. The molecule has 7 N–H and O–H groups in total. The molecule has 2 amide bonds. The number of rotatable bonds is 16. The van der Waals surface area contributed by atoms with Crippen molar-refractivity contribution in [1.29, 1.82) is 5.53 Å². The normalized spacial score (nSPS) is 11.9. The second-order valence-corrected chi connectivity index (χ2v) is 13.9. The number of sulfonamides is 1. The van der Waals surface area contributed by atoms with Gasteiger partial charge in [-0.15, -0.1) is 5.11 Å². The fraction of sp³-hybridized carbons (Fsp3) is 0.257. The van der Waals surface area contributed by atoms with Crippen molar-refractivity contribution >= 4 is 50.5 Å². The number of aryl methyl sites for hydroxylation is 4. The molecule has 5 aromatic rings. The van der Waals surface area contributed by atoms with Crippen molar-refractivity contribution in [3.8, 4) is 0 Å². The van der Waals surface area contributed by atoms with Gasteiger partial charge in [-0.05, 0) is 68.1 Å². The Balaban J connectivity index is 1.36. The molecule has 0 aliphatic rings. The van der Waals surface area contributed by atoms with Crippen molar-refractivity contribution in [1.82, 2.24) is 34.9 Å². The highest BCUT2D eigenvalue weighted by Crippen LogP contribution is 2.22. The third-order valence-corrected chi connectivity index (χ3v) is 10.0. The van der Waals surface area contributed by atoms with Gasteiger partial charge < -0.3 is 30.6 Å². The van der Waals surface area contributed by atoms with Gasteiger partial charge in [-0.25, -0.2) is 23.9 Å². The summed E-state index contributed by atoms with van der Waals surface area (Å²) in [5.41, 5.74) is 9.43. The van der Waals surface area contributed by atoms with Crippen LogP contribution in [-0.2, 0) is 27.9 Å². The van der Waals surface area contributed by atoms with Crippen molar-refractivity contribution in [2.24, 2.45) is 5.11 Å². The van der Waals surface area contributed by atoms with E-state index < -0.39 is 39.9 Å². The molecule has 0 radical (unpaired) electrons. The number of nitrogens with one attached hydrogen (secondary N) is 6. The molecule has 0 spiro atoms. The van der Waals surface area contributed by atoms with Crippen LogP contribution in [0.25, 0.3) is 10.9 Å². The van der Waals surface area contributed by atoms with Gasteiger partial charge in [-0.3, -0.25) is 19.2 Å². The third-order valence-electron chi connectivity index (χ3n) is 8.27. The van der Waals surface area contributed by atoms with Gasteiger partial charge in [-0.1, -0.05) is 23.8 Å². The Labute approximate surface area is 303 Å². The number of carboxylic acid groups (broad SMARTS) is 1. The molecule has 3 heterocycles. The zero-order valence-corrected chi connectivity index (χ0v) is 29.9. The summed E-state index contributed by atoms with van der Waals surface area (Å²) in [6.45, 7) is 5.23. The number of carbonyl (C=O) groups excluding carboxylic acids is 2. The molecular formula is C35H38N10O7S. The fourth-order valence-electron chi connectivity index (χ4n) is 5.89. The van der Waals surface area contributed by atoms with E-state index in [0.717, 1.165) is 11.1 Å². The smallest absolute Gasteiger partial charge is 0.323 e. The molecular weight excluding hydrogens is 705 g/mol. The van der Waals surface area contributed by atoms with E-state index in [1.54, 1.807) is 61.1 Å². The van der Waals surface area contributed by atoms with E-state index in [9.17, 15) is 32.7 Å². The number of aliphatic carboxylic acids is 1. The number of amides is 2. The SMILES string of the molecule is Cc1cc(C)c(S(=O)(=O)NC(CNC(=O)c2cn(CCCNC(=O)c3ccc(N=N)nc3)c3cc(CNc4ncc[nH]4)ccc3c2=O)C(=O)O)c(C)c1. The number of aromatic amines is 1. The first-order valence-corrected chi connectivity index (χ1v) is 17.9. The van der Waals surface area contributed by atoms with Gasteiger partial charge in [0.25, 0.3) is 11.8 Å². The lowest BCUT2D eigenvalue weighted by atomic mass is 10.1. The Hall–Kier alpha value is -6.27. The van der Waals surface area contributed by atoms with Crippen molar-refractivity contribution < 1.29 is 27.9 Å². The van der Waals surface area contributed by atoms with Crippen LogP contribution in [0.15, 0.2) is 82.1 Å². The molecule has 0 saturated carbocycles. The minimum Gasteiger partial charge on any atom is -0.480 e. The maximum Gasteiger partial charge on any atom is 0.323 e. The molecule has 0 aliphatic heterocycles. The first kappa shape index (κ1) is 38.0. The zero-order valence-electron chi connectivity index (χ0n) is 29.1. The number of nitrogens with zero attached hydrogens (tertiary/aromatic N) is 4. The molecule has 276 valence electrons. The number of hydrogen-bond acceptors (Lipinski definition) is 11. The van der Waals surface area contributed by atoms with Crippen molar-refractivity contribution in [3.63, 3.8) is 0 Å². The average Bonchev–Trinajstić information content (AvgIpc) is 3.64. The largest absolute Gasteiger partial charge is 0.480 e. The predicted molar refractivity (Wildman–Crippen MR) is 195 cm³/mol. The van der Waals surface area contributed by atoms with E-state index >= 15 is 0 Å². The van der Waals surface area contributed by atoms with Crippen LogP contribution in [0.4, 0.5) is 11.8 Å². The average molecular weight is 743 g/mol. The number of fused-ring (bicyclic) bond motifs is 1. The molecule has 0 saturated heterocycles. The Bertz CT molecular complexity index is 2320. The van der Waals surface area contributed by atoms with Gasteiger partial charge in [0.05, 0.1) is 16.0 Å². The summed E-state index contributed by atoms with van der Waals surface area (Å²) in [7, 11) is -4.31. The lowest BCUT2D eigenvalue weighted by Crippen LogP contribution is -2.49. The van der Waals surface area contributed by atoms with Gasteiger partial charge in [-0.2, -0.15) is 4.72 Å². The first-order valence-electron chi connectivity index (χ1n) is 16.4. The van der Waals surface area contributed by atoms with Gasteiger partial charge in [0, 0.05) is 56.4 Å².